The summed E-state index contributed by atoms with van der Waals surface area (Å²) in [4.78, 5) is 26.0. The summed E-state index contributed by atoms with van der Waals surface area (Å²) in [6, 6.07) is 11.8. The van der Waals surface area contributed by atoms with Gasteiger partial charge < -0.3 is 10.6 Å². The summed E-state index contributed by atoms with van der Waals surface area (Å²) in [5.41, 5.74) is 2.80. The smallest absolute Gasteiger partial charge is 0.270 e. The second-order valence-electron chi connectivity index (χ2n) is 7.03. The standard InChI is InChI=1S/C21H23N5O/c1-14-13-18(20(27)24-16-9-3-2-4-10-16)26-21(23-14)25-17-11-5-7-15-8-6-12-22-19(15)17/h5-8,11-13,16H,2-4,9-10H2,1H3,(H,24,27)(H,23,25,26). The third-order valence-corrected chi connectivity index (χ3v) is 4.91. The Labute approximate surface area is 158 Å². The van der Waals surface area contributed by atoms with Crippen molar-refractivity contribution in [1.82, 2.24) is 20.3 Å². The maximum absolute atomic E-state index is 12.6. The van der Waals surface area contributed by atoms with Crippen molar-refractivity contribution < 1.29 is 4.79 Å². The number of amides is 1. The summed E-state index contributed by atoms with van der Waals surface area (Å²) >= 11 is 0. The molecule has 0 spiro atoms. The van der Waals surface area contributed by atoms with Crippen LogP contribution in [-0.4, -0.2) is 26.9 Å². The molecule has 0 saturated heterocycles. The number of carbonyl (C=O) groups is 1. The minimum Gasteiger partial charge on any atom is -0.348 e. The third kappa shape index (κ3) is 4.05. The zero-order valence-corrected chi connectivity index (χ0v) is 15.4. The predicted octanol–water partition coefficient (Wildman–Crippen LogP) is 4.14. The second-order valence-corrected chi connectivity index (χ2v) is 7.03. The van der Waals surface area contributed by atoms with Crippen molar-refractivity contribution >= 4 is 28.4 Å². The Hall–Kier alpha value is -3.02. The Bertz CT molecular complexity index is 960. The maximum Gasteiger partial charge on any atom is 0.270 e. The fraction of sp³-hybridized carbons (Fsp3) is 0.333. The van der Waals surface area contributed by atoms with Crippen molar-refractivity contribution in [3.63, 3.8) is 0 Å². The number of hydrogen-bond donors (Lipinski definition) is 2. The molecule has 0 aliphatic heterocycles. The van der Waals surface area contributed by atoms with E-state index in [0.29, 0.717) is 11.6 Å². The average Bonchev–Trinajstić information content (AvgIpc) is 2.69. The SMILES string of the molecule is Cc1cc(C(=O)NC2CCCCC2)nc(Nc2cccc3cccnc23)n1. The van der Waals surface area contributed by atoms with Crippen LogP contribution in [0.15, 0.2) is 42.6 Å². The number of rotatable bonds is 4. The van der Waals surface area contributed by atoms with Gasteiger partial charge in [-0.2, -0.15) is 0 Å². The molecular weight excluding hydrogens is 338 g/mol. The average molecular weight is 361 g/mol. The first-order valence-corrected chi connectivity index (χ1v) is 9.46. The van der Waals surface area contributed by atoms with Gasteiger partial charge in [0.2, 0.25) is 5.95 Å². The molecule has 6 nitrogen and oxygen atoms in total. The molecule has 2 aromatic heterocycles. The Morgan fingerprint density at radius 3 is 2.74 bits per heavy atom. The lowest BCUT2D eigenvalue weighted by molar-refractivity contribution is 0.0922. The third-order valence-electron chi connectivity index (χ3n) is 4.91. The first-order chi connectivity index (χ1) is 13.2. The number of carbonyl (C=O) groups excluding carboxylic acids is 1. The summed E-state index contributed by atoms with van der Waals surface area (Å²) in [7, 11) is 0. The van der Waals surface area contributed by atoms with Gasteiger partial charge in [-0.15, -0.1) is 0 Å². The van der Waals surface area contributed by atoms with E-state index in [-0.39, 0.29) is 11.9 Å². The van der Waals surface area contributed by atoms with E-state index < -0.39 is 0 Å². The molecule has 2 heterocycles. The number of anilines is 2. The Morgan fingerprint density at radius 2 is 1.89 bits per heavy atom. The molecule has 0 unspecified atom stereocenters. The first kappa shape index (κ1) is 17.4. The molecule has 0 bridgehead atoms. The number of aryl methyl sites for hydroxylation is 1. The van der Waals surface area contributed by atoms with Crippen LogP contribution < -0.4 is 10.6 Å². The number of benzene rings is 1. The molecule has 3 aromatic rings. The lowest BCUT2D eigenvalue weighted by Crippen LogP contribution is -2.36. The number of fused-ring (bicyclic) bond motifs is 1. The molecule has 1 aliphatic carbocycles. The molecule has 1 saturated carbocycles. The molecule has 0 radical (unpaired) electrons. The van der Waals surface area contributed by atoms with Crippen LogP contribution in [0.4, 0.5) is 11.6 Å². The van der Waals surface area contributed by atoms with Gasteiger partial charge in [-0.3, -0.25) is 9.78 Å². The van der Waals surface area contributed by atoms with Crippen LogP contribution in [0.25, 0.3) is 10.9 Å². The summed E-state index contributed by atoms with van der Waals surface area (Å²) in [6.45, 7) is 1.87. The van der Waals surface area contributed by atoms with E-state index in [1.807, 2.05) is 37.3 Å². The number of hydrogen-bond acceptors (Lipinski definition) is 5. The Kier molecular flexibility index (Phi) is 4.96. The normalized spacial score (nSPS) is 14.9. The van der Waals surface area contributed by atoms with Crippen LogP contribution >= 0.6 is 0 Å². The lowest BCUT2D eigenvalue weighted by Gasteiger charge is -2.22. The van der Waals surface area contributed by atoms with Gasteiger partial charge in [-0.25, -0.2) is 9.97 Å². The highest BCUT2D eigenvalue weighted by Gasteiger charge is 2.18. The number of para-hydroxylation sites is 1. The molecular formula is C21H23N5O. The van der Waals surface area contributed by atoms with Gasteiger partial charge in [0.15, 0.2) is 0 Å². The van der Waals surface area contributed by atoms with Gasteiger partial charge >= 0.3 is 0 Å². The summed E-state index contributed by atoms with van der Waals surface area (Å²) in [5.74, 6) is 0.272. The zero-order chi connectivity index (χ0) is 18.6. The topological polar surface area (TPSA) is 79.8 Å². The first-order valence-electron chi connectivity index (χ1n) is 9.46. The highest BCUT2D eigenvalue weighted by molar-refractivity contribution is 5.94. The molecule has 1 amide bonds. The van der Waals surface area contributed by atoms with Crippen molar-refractivity contribution in [3.8, 4) is 0 Å². The van der Waals surface area contributed by atoms with Crippen LogP contribution in [0.3, 0.4) is 0 Å². The molecule has 27 heavy (non-hydrogen) atoms. The number of pyridine rings is 1. The van der Waals surface area contributed by atoms with Crippen molar-refractivity contribution in [1.29, 1.82) is 0 Å². The van der Waals surface area contributed by atoms with Gasteiger partial charge in [-0.05, 0) is 38.0 Å². The lowest BCUT2D eigenvalue weighted by atomic mass is 9.95. The molecule has 1 aliphatic rings. The van der Waals surface area contributed by atoms with E-state index in [0.717, 1.165) is 35.1 Å². The second kappa shape index (κ2) is 7.70. The van der Waals surface area contributed by atoms with Gasteiger partial charge in [0.05, 0.1) is 11.2 Å². The van der Waals surface area contributed by atoms with E-state index in [4.69, 9.17) is 0 Å². The molecule has 6 heteroatoms. The van der Waals surface area contributed by atoms with E-state index in [9.17, 15) is 4.79 Å². The van der Waals surface area contributed by atoms with E-state index >= 15 is 0 Å². The van der Waals surface area contributed by atoms with E-state index in [1.165, 1.54) is 19.3 Å². The summed E-state index contributed by atoms with van der Waals surface area (Å²) < 4.78 is 0. The highest BCUT2D eigenvalue weighted by atomic mass is 16.1. The van der Waals surface area contributed by atoms with Gasteiger partial charge in [-0.1, -0.05) is 37.5 Å². The number of nitrogens with one attached hydrogen (secondary N) is 2. The van der Waals surface area contributed by atoms with Gasteiger partial charge in [0.1, 0.15) is 5.69 Å². The van der Waals surface area contributed by atoms with Crippen molar-refractivity contribution in [2.45, 2.75) is 45.1 Å². The highest BCUT2D eigenvalue weighted by Crippen LogP contribution is 2.23. The molecule has 4 rings (SSSR count). The molecule has 2 N–H and O–H groups in total. The fourth-order valence-electron chi connectivity index (χ4n) is 3.57. The van der Waals surface area contributed by atoms with Crippen molar-refractivity contribution in [2.75, 3.05) is 5.32 Å². The summed E-state index contributed by atoms with van der Waals surface area (Å²) in [5, 5.41) is 7.37. The Balaban J connectivity index is 1.57. The minimum atomic E-state index is -0.133. The Morgan fingerprint density at radius 1 is 1.07 bits per heavy atom. The predicted molar refractivity (Wildman–Crippen MR) is 106 cm³/mol. The van der Waals surface area contributed by atoms with E-state index in [2.05, 4.69) is 25.6 Å². The summed E-state index contributed by atoms with van der Waals surface area (Å²) in [6.07, 6.45) is 7.45. The quantitative estimate of drug-likeness (QED) is 0.730. The minimum absolute atomic E-state index is 0.133. The van der Waals surface area contributed by atoms with Gasteiger partial charge in [0.25, 0.3) is 5.91 Å². The fourth-order valence-corrected chi connectivity index (χ4v) is 3.57. The largest absolute Gasteiger partial charge is 0.348 e. The van der Waals surface area contributed by atoms with Crippen LogP contribution in [0.2, 0.25) is 0 Å². The van der Waals surface area contributed by atoms with Crippen LogP contribution in [-0.2, 0) is 0 Å². The number of aromatic nitrogens is 3. The van der Waals surface area contributed by atoms with E-state index in [1.54, 1.807) is 12.3 Å². The van der Waals surface area contributed by atoms with Crippen LogP contribution in [0.5, 0.6) is 0 Å². The molecule has 0 atom stereocenters. The zero-order valence-electron chi connectivity index (χ0n) is 15.4. The van der Waals surface area contributed by atoms with Crippen LogP contribution in [0.1, 0.15) is 48.3 Å². The van der Waals surface area contributed by atoms with Crippen molar-refractivity contribution in [2.24, 2.45) is 0 Å². The van der Waals surface area contributed by atoms with Gasteiger partial charge in [0, 0.05) is 23.3 Å². The van der Waals surface area contributed by atoms with Crippen LogP contribution in [0, 0.1) is 6.92 Å². The molecule has 1 fully saturated rings. The molecule has 138 valence electrons. The van der Waals surface area contributed by atoms with Crippen molar-refractivity contribution in [3.05, 3.63) is 54.0 Å². The maximum atomic E-state index is 12.6. The number of nitrogens with zero attached hydrogens (tertiary/aromatic N) is 3. The molecule has 1 aromatic carbocycles. The monoisotopic (exact) mass is 361 g/mol.